The molecule has 1 fully saturated rings. The lowest BCUT2D eigenvalue weighted by Crippen LogP contribution is -2.24. The van der Waals surface area contributed by atoms with E-state index in [9.17, 15) is 9.59 Å². The third-order valence-electron chi connectivity index (χ3n) is 4.24. The van der Waals surface area contributed by atoms with Crippen LogP contribution < -0.4 is 19.7 Å². The van der Waals surface area contributed by atoms with E-state index in [-0.39, 0.29) is 11.8 Å². The number of carbonyl (C=O) groups is 2. The number of rotatable bonds is 5. The molecule has 0 atom stereocenters. The predicted molar refractivity (Wildman–Crippen MR) is 101 cm³/mol. The molecule has 0 saturated carbocycles. The zero-order valence-corrected chi connectivity index (χ0v) is 15.3. The first-order chi connectivity index (χ1) is 12.5. The van der Waals surface area contributed by atoms with Crippen LogP contribution in [-0.4, -0.2) is 32.6 Å². The van der Waals surface area contributed by atoms with E-state index in [0.29, 0.717) is 46.4 Å². The van der Waals surface area contributed by atoms with E-state index < -0.39 is 0 Å². The number of nitrogens with zero attached hydrogens (tertiary/aromatic N) is 1. The third-order valence-corrected chi connectivity index (χ3v) is 4.57. The summed E-state index contributed by atoms with van der Waals surface area (Å²) in [6.07, 6.45) is 1.36. The van der Waals surface area contributed by atoms with Crippen molar-refractivity contribution in [1.29, 1.82) is 0 Å². The zero-order chi connectivity index (χ0) is 18.7. The smallest absolute Gasteiger partial charge is 0.259 e. The maximum absolute atomic E-state index is 12.7. The fourth-order valence-electron chi connectivity index (χ4n) is 2.87. The molecule has 136 valence electrons. The van der Waals surface area contributed by atoms with Gasteiger partial charge in [0.25, 0.3) is 5.91 Å². The average molecular weight is 375 g/mol. The van der Waals surface area contributed by atoms with Crippen LogP contribution in [0.3, 0.4) is 0 Å². The van der Waals surface area contributed by atoms with Gasteiger partial charge in [0.2, 0.25) is 5.91 Å². The SMILES string of the molecule is COc1ccc(C(=O)Nc2cc(N3CCCC3=O)ccc2Cl)c(OC)c1. The summed E-state index contributed by atoms with van der Waals surface area (Å²) in [6, 6.07) is 10.1. The van der Waals surface area contributed by atoms with Gasteiger partial charge in [-0.1, -0.05) is 11.6 Å². The van der Waals surface area contributed by atoms with Gasteiger partial charge < -0.3 is 19.7 Å². The summed E-state index contributed by atoms with van der Waals surface area (Å²) < 4.78 is 10.4. The number of hydrogen-bond donors (Lipinski definition) is 1. The van der Waals surface area contributed by atoms with E-state index in [1.807, 2.05) is 0 Å². The van der Waals surface area contributed by atoms with Crippen molar-refractivity contribution in [2.45, 2.75) is 12.8 Å². The Morgan fingerprint density at radius 1 is 1.15 bits per heavy atom. The van der Waals surface area contributed by atoms with Crippen molar-refractivity contribution < 1.29 is 19.1 Å². The Balaban J connectivity index is 1.86. The van der Waals surface area contributed by atoms with Crippen LogP contribution in [0.4, 0.5) is 11.4 Å². The minimum Gasteiger partial charge on any atom is -0.497 e. The fraction of sp³-hybridized carbons (Fsp3) is 0.263. The fourth-order valence-corrected chi connectivity index (χ4v) is 3.04. The van der Waals surface area contributed by atoms with Crippen LogP contribution in [0.25, 0.3) is 0 Å². The number of nitrogens with one attached hydrogen (secondary N) is 1. The van der Waals surface area contributed by atoms with Crippen molar-refractivity contribution in [3.63, 3.8) is 0 Å². The molecule has 1 aliphatic heterocycles. The highest BCUT2D eigenvalue weighted by Gasteiger charge is 2.23. The molecule has 0 aliphatic carbocycles. The van der Waals surface area contributed by atoms with Gasteiger partial charge in [-0.15, -0.1) is 0 Å². The lowest BCUT2D eigenvalue weighted by atomic mass is 10.1. The molecule has 7 heteroatoms. The molecule has 0 bridgehead atoms. The topological polar surface area (TPSA) is 67.9 Å². The highest BCUT2D eigenvalue weighted by atomic mass is 35.5. The third kappa shape index (κ3) is 3.60. The standard InChI is InChI=1S/C19H19ClN2O4/c1-25-13-6-7-14(17(11-13)26-2)19(24)21-16-10-12(5-8-15(16)20)22-9-3-4-18(22)23/h5-8,10-11H,3-4,9H2,1-2H3,(H,21,24). The minimum absolute atomic E-state index is 0.0708. The molecular formula is C19H19ClN2O4. The quantitative estimate of drug-likeness (QED) is 0.865. The predicted octanol–water partition coefficient (Wildman–Crippen LogP) is 3.74. The molecule has 1 heterocycles. The second-order valence-electron chi connectivity index (χ2n) is 5.83. The molecule has 1 N–H and O–H groups in total. The van der Waals surface area contributed by atoms with Crippen molar-refractivity contribution in [3.05, 3.63) is 47.0 Å². The second kappa shape index (κ2) is 7.66. The molecule has 2 aromatic carbocycles. The average Bonchev–Trinajstić information content (AvgIpc) is 3.08. The Kier molecular flexibility index (Phi) is 5.32. The van der Waals surface area contributed by atoms with E-state index in [1.54, 1.807) is 48.4 Å². The Bertz CT molecular complexity index is 853. The second-order valence-corrected chi connectivity index (χ2v) is 6.24. The number of hydrogen-bond acceptors (Lipinski definition) is 4. The molecule has 1 saturated heterocycles. The van der Waals surface area contributed by atoms with Gasteiger partial charge in [-0.25, -0.2) is 0 Å². The number of carbonyl (C=O) groups excluding carboxylic acids is 2. The Labute approximate surface area is 156 Å². The highest BCUT2D eigenvalue weighted by molar-refractivity contribution is 6.34. The molecule has 0 aromatic heterocycles. The van der Waals surface area contributed by atoms with E-state index in [4.69, 9.17) is 21.1 Å². The summed E-state index contributed by atoms with van der Waals surface area (Å²) in [5, 5.41) is 3.18. The van der Waals surface area contributed by atoms with Crippen LogP contribution in [0.5, 0.6) is 11.5 Å². The van der Waals surface area contributed by atoms with Crippen LogP contribution in [0, 0.1) is 0 Å². The van der Waals surface area contributed by atoms with Gasteiger partial charge in [-0.2, -0.15) is 0 Å². The van der Waals surface area contributed by atoms with Crippen molar-refractivity contribution >= 4 is 34.8 Å². The van der Waals surface area contributed by atoms with Crippen molar-refractivity contribution in [1.82, 2.24) is 0 Å². The first kappa shape index (κ1) is 18.1. The van der Waals surface area contributed by atoms with Crippen LogP contribution in [0.1, 0.15) is 23.2 Å². The zero-order valence-electron chi connectivity index (χ0n) is 14.5. The van der Waals surface area contributed by atoms with E-state index in [0.717, 1.165) is 6.42 Å². The lowest BCUT2D eigenvalue weighted by molar-refractivity contribution is -0.117. The van der Waals surface area contributed by atoms with Gasteiger partial charge in [0.1, 0.15) is 11.5 Å². The summed E-state index contributed by atoms with van der Waals surface area (Å²) >= 11 is 6.22. The lowest BCUT2D eigenvalue weighted by Gasteiger charge is -2.18. The van der Waals surface area contributed by atoms with Crippen LogP contribution in [-0.2, 0) is 4.79 Å². The molecule has 2 amide bonds. The maximum Gasteiger partial charge on any atom is 0.259 e. The summed E-state index contributed by atoms with van der Waals surface area (Å²) in [7, 11) is 3.03. The molecule has 0 radical (unpaired) electrons. The Morgan fingerprint density at radius 3 is 2.62 bits per heavy atom. The maximum atomic E-state index is 12.7. The van der Waals surface area contributed by atoms with Crippen molar-refractivity contribution in [2.24, 2.45) is 0 Å². The summed E-state index contributed by atoms with van der Waals surface area (Å²) in [6.45, 7) is 0.667. The number of halogens is 1. The van der Waals surface area contributed by atoms with Gasteiger partial charge >= 0.3 is 0 Å². The molecule has 0 unspecified atom stereocenters. The number of ether oxygens (including phenoxy) is 2. The molecule has 1 aliphatic rings. The first-order valence-corrected chi connectivity index (χ1v) is 8.54. The molecular weight excluding hydrogens is 356 g/mol. The molecule has 0 spiro atoms. The van der Waals surface area contributed by atoms with Gasteiger partial charge in [0, 0.05) is 24.7 Å². The van der Waals surface area contributed by atoms with Gasteiger partial charge in [-0.05, 0) is 36.8 Å². The van der Waals surface area contributed by atoms with E-state index in [2.05, 4.69) is 5.32 Å². The first-order valence-electron chi connectivity index (χ1n) is 8.17. The summed E-state index contributed by atoms with van der Waals surface area (Å²) in [5.41, 5.74) is 1.51. The van der Waals surface area contributed by atoms with Gasteiger partial charge in [0.15, 0.2) is 0 Å². The van der Waals surface area contributed by atoms with Crippen LogP contribution in [0.15, 0.2) is 36.4 Å². The molecule has 2 aromatic rings. The number of amides is 2. The number of methoxy groups -OCH3 is 2. The molecule has 6 nitrogen and oxygen atoms in total. The Morgan fingerprint density at radius 2 is 1.96 bits per heavy atom. The minimum atomic E-state index is -0.365. The largest absolute Gasteiger partial charge is 0.497 e. The molecule has 26 heavy (non-hydrogen) atoms. The normalized spacial score (nSPS) is 13.7. The molecule has 3 rings (SSSR count). The van der Waals surface area contributed by atoms with Crippen molar-refractivity contribution in [3.8, 4) is 11.5 Å². The van der Waals surface area contributed by atoms with Crippen molar-refractivity contribution in [2.75, 3.05) is 31.0 Å². The van der Waals surface area contributed by atoms with E-state index >= 15 is 0 Å². The number of anilines is 2. The van der Waals surface area contributed by atoms with Gasteiger partial charge in [0.05, 0.1) is 30.5 Å². The highest BCUT2D eigenvalue weighted by Crippen LogP contribution is 2.31. The van der Waals surface area contributed by atoms with Gasteiger partial charge in [-0.3, -0.25) is 9.59 Å². The monoisotopic (exact) mass is 374 g/mol. The van der Waals surface area contributed by atoms with Crippen LogP contribution in [0.2, 0.25) is 5.02 Å². The Hall–Kier alpha value is -2.73. The summed E-state index contributed by atoms with van der Waals surface area (Å²) in [4.78, 5) is 26.3. The van der Waals surface area contributed by atoms with Crippen LogP contribution >= 0.6 is 11.6 Å². The number of benzene rings is 2. The summed E-state index contributed by atoms with van der Waals surface area (Å²) in [5.74, 6) is 0.688. The van der Waals surface area contributed by atoms with E-state index in [1.165, 1.54) is 7.11 Å².